The number of hydrogen-bond donors (Lipinski definition) is 0. The molecule has 1 aromatic rings. The van der Waals surface area contributed by atoms with Crippen molar-refractivity contribution < 1.29 is 19.4 Å². The average molecular weight is 391 g/mol. The van der Waals surface area contributed by atoms with E-state index in [1.54, 1.807) is 25.1 Å². The maximum Gasteiger partial charge on any atom is 0.266 e. The molecule has 138 valence electrons. The molecule has 0 unspecified atom stereocenters. The topological polar surface area (TPSA) is 69.7 Å². The van der Waals surface area contributed by atoms with Crippen LogP contribution >= 0.6 is 24.0 Å². The van der Waals surface area contributed by atoms with Crippen LogP contribution in [0.15, 0.2) is 41.8 Å². The Morgan fingerprint density at radius 2 is 2.15 bits per heavy atom. The third-order valence-corrected chi connectivity index (χ3v) is 5.42. The molecular weight excluding hydrogens is 370 g/mol. The number of carboxylic acids is 1. The molecule has 0 N–H and O–H groups in total. The fourth-order valence-electron chi connectivity index (χ4n) is 2.56. The van der Waals surface area contributed by atoms with Crippen molar-refractivity contribution in [3.05, 3.63) is 47.4 Å². The fraction of sp³-hybridized carbons (Fsp3) is 0.316. The summed E-state index contributed by atoms with van der Waals surface area (Å²) < 4.78 is 5.82. The van der Waals surface area contributed by atoms with Crippen LogP contribution in [0.3, 0.4) is 0 Å². The first-order valence-electron chi connectivity index (χ1n) is 8.21. The van der Waals surface area contributed by atoms with E-state index in [-0.39, 0.29) is 10.2 Å². The molecule has 1 saturated heterocycles. The quantitative estimate of drug-likeness (QED) is 0.386. The zero-order chi connectivity index (χ0) is 19.3. The number of aliphatic carboxylic acids is 1. The van der Waals surface area contributed by atoms with E-state index in [4.69, 9.17) is 17.0 Å². The number of thioether (sulfide) groups is 1. The Morgan fingerprint density at radius 3 is 2.77 bits per heavy atom. The van der Waals surface area contributed by atoms with Gasteiger partial charge in [0.25, 0.3) is 5.91 Å². The maximum atomic E-state index is 12.8. The van der Waals surface area contributed by atoms with Crippen LogP contribution in [0.1, 0.15) is 25.8 Å². The van der Waals surface area contributed by atoms with Crippen LogP contribution in [0.2, 0.25) is 0 Å². The highest BCUT2D eigenvalue weighted by Gasteiger charge is 2.39. The lowest BCUT2D eigenvalue weighted by Gasteiger charge is -2.32. The number of rotatable bonds is 8. The highest BCUT2D eigenvalue weighted by Crippen LogP contribution is 2.36. The average Bonchev–Trinajstić information content (AvgIpc) is 2.88. The SMILES string of the molecule is C=CCOc1ccccc1/C=C1\SC(=S)N([C@H](C(=O)[O-])[C@@H](C)CC)C1=O. The summed E-state index contributed by atoms with van der Waals surface area (Å²) in [6.45, 7) is 7.58. The number of ether oxygens (including phenoxy) is 1. The van der Waals surface area contributed by atoms with E-state index in [0.29, 0.717) is 29.2 Å². The molecule has 1 aliphatic heterocycles. The first kappa shape index (κ1) is 20.2. The normalized spacial score (nSPS) is 18.1. The Hall–Kier alpha value is -2.12. The number of thiocarbonyl (C=S) groups is 1. The van der Waals surface area contributed by atoms with Crippen LogP contribution in [0, 0.1) is 5.92 Å². The largest absolute Gasteiger partial charge is 0.548 e. The molecule has 5 nitrogen and oxygen atoms in total. The van der Waals surface area contributed by atoms with Gasteiger partial charge in [0, 0.05) is 5.56 Å². The Balaban J connectivity index is 2.35. The van der Waals surface area contributed by atoms with Gasteiger partial charge in [-0.3, -0.25) is 9.69 Å². The van der Waals surface area contributed by atoms with Crippen molar-refractivity contribution in [2.75, 3.05) is 6.61 Å². The van der Waals surface area contributed by atoms with Crippen LogP contribution < -0.4 is 9.84 Å². The van der Waals surface area contributed by atoms with Gasteiger partial charge in [0.05, 0.1) is 16.9 Å². The van der Waals surface area contributed by atoms with Gasteiger partial charge in [-0.25, -0.2) is 0 Å². The number of para-hydroxylation sites is 1. The smallest absolute Gasteiger partial charge is 0.266 e. The van der Waals surface area contributed by atoms with Crippen LogP contribution in [-0.2, 0) is 9.59 Å². The minimum Gasteiger partial charge on any atom is -0.548 e. The third kappa shape index (κ3) is 4.34. The Labute approximate surface area is 162 Å². The number of carboxylic acid groups (broad SMARTS) is 1. The van der Waals surface area contributed by atoms with Gasteiger partial charge in [-0.15, -0.1) is 0 Å². The van der Waals surface area contributed by atoms with E-state index < -0.39 is 17.9 Å². The van der Waals surface area contributed by atoms with E-state index in [2.05, 4.69) is 6.58 Å². The summed E-state index contributed by atoms with van der Waals surface area (Å²) in [6.07, 6.45) is 3.89. The lowest BCUT2D eigenvalue weighted by molar-refractivity contribution is -0.311. The lowest BCUT2D eigenvalue weighted by atomic mass is 9.98. The molecule has 2 atom stereocenters. The summed E-state index contributed by atoms with van der Waals surface area (Å²) in [7, 11) is 0. The Bertz CT molecular complexity index is 760. The van der Waals surface area contributed by atoms with Crippen LogP contribution in [0.25, 0.3) is 6.08 Å². The van der Waals surface area contributed by atoms with Gasteiger partial charge < -0.3 is 14.6 Å². The van der Waals surface area contributed by atoms with E-state index in [1.165, 1.54) is 0 Å². The second-order valence-electron chi connectivity index (χ2n) is 5.84. The van der Waals surface area contributed by atoms with Gasteiger partial charge in [-0.1, -0.05) is 75.1 Å². The summed E-state index contributed by atoms with van der Waals surface area (Å²) in [5.41, 5.74) is 0.711. The van der Waals surface area contributed by atoms with Gasteiger partial charge in [-0.2, -0.15) is 0 Å². The summed E-state index contributed by atoms with van der Waals surface area (Å²) in [5, 5.41) is 11.6. The summed E-state index contributed by atoms with van der Waals surface area (Å²) in [5.74, 6) is -1.39. The predicted octanol–water partition coefficient (Wildman–Crippen LogP) is 2.62. The number of carbonyl (C=O) groups excluding carboxylic acids is 2. The zero-order valence-electron chi connectivity index (χ0n) is 14.6. The molecule has 1 aliphatic rings. The van der Waals surface area contributed by atoms with Crippen LogP contribution in [-0.4, -0.2) is 33.7 Å². The molecule has 2 rings (SSSR count). The highest BCUT2D eigenvalue weighted by atomic mass is 32.2. The van der Waals surface area contributed by atoms with Crippen LogP contribution in [0.4, 0.5) is 0 Å². The third-order valence-electron chi connectivity index (χ3n) is 4.09. The molecule has 1 fully saturated rings. The standard InChI is InChI=1S/C19H21NO4S2/c1-4-10-24-14-9-7-6-8-13(14)11-15-17(21)20(19(25)26-15)16(18(22)23)12(3)5-2/h4,6-9,11-12,16H,1,5,10H2,2-3H3,(H,22,23)/p-1/b15-11-/t12-,16-/m0/s1. The van der Waals surface area contributed by atoms with Gasteiger partial charge in [-0.05, 0) is 18.1 Å². The minimum atomic E-state index is -1.30. The summed E-state index contributed by atoms with van der Waals surface area (Å²) in [6, 6.07) is 6.19. The summed E-state index contributed by atoms with van der Waals surface area (Å²) >= 11 is 6.35. The van der Waals surface area contributed by atoms with Crippen molar-refractivity contribution in [2.24, 2.45) is 5.92 Å². The lowest BCUT2D eigenvalue weighted by Crippen LogP contribution is -2.53. The van der Waals surface area contributed by atoms with Crippen molar-refractivity contribution in [3.8, 4) is 5.75 Å². The molecule has 0 aliphatic carbocycles. The molecular formula is C19H20NO4S2-. The van der Waals surface area contributed by atoms with E-state index in [9.17, 15) is 14.7 Å². The number of amides is 1. The molecule has 7 heteroatoms. The highest BCUT2D eigenvalue weighted by molar-refractivity contribution is 8.26. The number of benzene rings is 1. The minimum absolute atomic E-state index is 0.222. The maximum absolute atomic E-state index is 12.8. The molecule has 0 radical (unpaired) electrons. The number of hydrogen-bond acceptors (Lipinski definition) is 6. The Morgan fingerprint density at radius 1 is 1.46 bits per heavy atom. The Kier molecular flexibility index (Phi) is 6.99. The predicted molar refractivity (Wildman–Crippen MR) is 105 cm³/mol. The van der Waals surface area contributed by atoms with Crippen molar-refractivity contribution in [1.29, 1.82) is 0 Å². The molecule has 1 aromatic carbocycles. The number of nitrogens with zero attached hydrogens (tertiary/aromatic N) is 1. The second kappa shape index (κ2) is 9.00. The number of carbonyl (C=O) groups is 2. The van der Waals surface area contributed by atoms with E-state index in [0.717, 1.165) is 16.7 Å². The molecule has 0 aromatic heterocycles. The van der Waals surface area contributed by atoms with Crippen molar-refractivity contribution in [2.45, 2.75) is 26.3 Å². The molecule has 0 spiro atoms. The first-order chi connectivity index (χ1) is 12.4. The zero-order valence-corrected chi connectivity index (χ0v) is 16.3. The molecule has 1 amide bonds. The summed E-state index contributed by atoms with van der Waals surface area (Å²) in [4.78, 5) is 25.9. The first-order valence-corrected chi connectivity index (χ1v) is 9.43. The van der Waals surface area contributed by atoms with Gasteiger partial charge in [0.1, 0.15) is 16.7 Å². The monoisotopic (exact) mass is 390 g/mol. The van der Waals surface area contributed by atoms with Gasteiger partial charge in [0.2, 0.25) is 0 Å². The van der Waals surface area contributed by atoms with Crippen LogP contribution in [0.5, 0.6) is 5.75 Å². The van der Waals surface area contributed by atoms with Crippen molar-refractivity contribution >= 4 is 46.3 Å². The molecule has 1 heterocycles. The van der Waals surface area contributed by atoms with E-state index >= 15 is 0 Å². The fourth-order valence-corrected chi connectivity index (χ4v) is 3.88. The molecule has 0 saturated carbocycles. The molecule has 26 heavy (non-hydrogen) atoms. The van der Waals surface area contributed by atoms with E-state index in [1.807, 2.05) is 25.1 Å². The second-order valence-corrected chi connectivity index (χ2v) is 7.51. The van der Waals surface area contributed by atoms with Crippen molar-refractivity contribution in [1.82, 2.24) is 4.90 Å². The van der Waals surface area contributed by atoms with Crippen molar-refractivity contribution in [3.63, 3.8) is 0 Å². The van der Waals surface area contributed by atoms with Gasteiger partial charge >= 0.3 is 0 Å². The van der Waals surface area contributed by atoms with Gasteiger partial charge in [0.15, 0.2) is 0 Å². The molecule has 0 bridgehead atoms.